The van der Waals surface area contributed by atoms with Crippen molar-refractivity contribution in [2.75, 3.05) is 0 Å². The first-order valence-electron chi connectivity index (χ1n) is 8.47. The van der Waals surface area contributed by atoms with E-state index in [1.54, 1.807) is 30.3 Å². The van der Waals surface area contributed by atoms with Gasteiger partial charge in [-0.2, -0.15) is 5.10 Å². The van der Waals surface area contributed by atoms with Crippen LogP contribution in [0.4, 0.5) is 5.69 Å². The quantitative estimate of drug-likeness (QED) is 0.196. The summed E-state index contributed by atoms with van der Waals surface area (Å²) in [7, 11) is 0. The summed E-state index contributed by atoms with van der Waals surface area (Å²) in [5.41, 5.74) is 3.46. The summed E-state index contributed by atoms with van der Waals surface area (Å²) in [4.78, 5) is 22.7. The smallest absolute Gasteiger partial charge is 0.307 e. The molecule has 0 aliphatic carbocycles. The molecule has 0 bridgehead atoms. The second-order valence-corrected chi connectivity index (χ2v) is 7.90. The highest BCUT2D eigenvalue weighted by Gasteiger charge is 2.14. The standard InChI is InChI=1S/C20H11Br2N3O5/c21-13-6-12-8-18(30-19(12)16(22)9-13)20(26)24-23-10-15-4-5-17(29-15)11-2-1-3-14(7-11)25(27)28/h1-10H,(H,24,26)/b23-10-. The zero-order chi connectivity index (χ0) is 21.3. The second-order valence-electron chi connectivity index (χ2n) is 6.13. The maximum absolute atomic E-state index is 12.3. The van der Waals surface area contributed by atoms with Crippen LogP contribution in [0.2, 0.25) is 0 Å². The van der Waals surface area contributed by atoms with Gasteiger partial charge in [0.05, 0.1) is 15.6 Å². The monoisotopic (exact) mass is 531 g/mol. The third kappa shape index (κ3) is 4.19. The minimum absolute atomic E-state index is 0.0316. The van der Waals surface area contributed by atoms with Gasteiger partial charge >= 0.3 is 5.91 Å². The topological polar surface area (TPSA) is 111 Å². The second kappa shape index (κ2) is 8.25. The van der Waals surface area contributed by atoms with Gasteiger partial charge in [-0.1, -0.05) is 28.1 Å². The molecule has 30 heavy (non-hydrogen) atoms. The molecule has 0 spiro atoms. The number of non-ortho nitro benzene ring substituents is 1. The van der Waals surface area contributed by atoms with Crippen LogP contribution in [0.3, 0.4) is 0 Å². The number of hydrazone groups is 1. The van der Waals surface area contributed by atoms with Crippen LogP contribution in [0.1, 0.15) is 16.3 Å². The van der Waals surface area contributed by atoms with E-state index in [1.165, 1.54) is 18.3 Å². The summed E-state index contributed by atoms with van der Waals surface area (Å²) >= 11 is 6.78. The molecule has 2 aromatic heterocycles. The molecule has 0 aliphatic rings. The molecule has 0 aliphatic heterocycles. The van der Waals surface area contributed by atoms with Gasteiger partial charge in [0.25, 0.3) is 5.69 Å². The van der Waals surface area contributed by atoms with Crippen LogP contribution in [-0.2, 0) is 0 Å². The van der Waals surface area contributed by atoms with Crippen LogP contribution in [0.15, 0.2) is 77.5 Å². The highest BCUT2D eigenvalue weighted by molar-refractivity contribution is 9.11. The van der Waals surface area contributed by atoms with E-state index < -0.39 is 10.8 Å². The third-order valence-electron chi connectivity index (χ3n) is 4.09. The average molecular weight is 533 g/mol. The zero-order valence-electron chi connectivity index (χ0n) is 15.0. The molecule has 4 rings (SSSR count). The fraction of sp³-hybridized carbons (Fsp3) is 0. The summed E-state index contributed by atoms with van der Waals surface area (Å²) in [6.45, 7) is 0. The maximum atomic E-state index is 12.3. The number of nitro benzene ring substituents is 1. The Morgan fingerprint density at radius 3 is 2.73 bits per heavy atom. The molecule has 1 N–H and O–H groups in total. The number of rotatable bonds is 5. The summed E-state index contributed by atoms with van der Waals surface area (Å²) in [5, 5.41) is 15.5. The van der Waals surface area contributed by atoms with Crippen molar-refractivity contribution in [3.05, 3.63) is 85.2 Å². The average Bonchev–Trinajstić information content (AvgIpc) is 3.35. The Morgan fingerprint density at radius 1 is 1.10 bits per heavy atom. The molecule has 1 amide bonds. The van der Waals surface area contributed by atoms with Gasteiger partial charge in [-0.05, 0) is 46.3 Å². The molecule has 4 aromatic rings. The molecule has 0 saturated carbocycles. The van der Waals surface area contributed by atoms with E-state index in [-0.39, 0.29) is 11.4 Å². The number of amides is 1. The number of benzene rings is 2. The Morgan fingerprint density at radius 2 is 1.93 bits per heavy atom. The minimum Gasteiger partial charge on any atom is -0.455 e. The Hall–Kier alpha value is -3.24. The SMILES string of the molecule is O=C(N/N=C\c1ccc(-c2cccc([N+](=O)[O-])c2)o1)c1cc2cc(Br)cc(Br)c2o1. The number of nitro groups is 1. The molecule has 10 heteroatoms. The molecule has 2 heterocycles. The largest absolute Gasteiger partial charge is 0.455 e. The van der Waals surface area contributed by atoms with Gasteiger partial charge in [-0.3, -0.25) is 14.9 Å². The Balaban J connectivity index is 1.46. The van der Waals surface area contributed by atoms with Gasteiger partial charge in [-0.15, -0.1) is 0 Å². The van der Waals surface area contributed by atoms with E-state index in [4.69, 9.17) is 8.83 Å². The van der Waals surface area contributed by atoms with Gasteiger partial charge in [-0.25, -0.2) is 5.43 Å². The number of furan rings is 2. The molecule has 0 atom stereocenters. The van der Waals surface area contributed by atoms with Crippen molar-refractivity contribution in [3.63, 3.8) is 0 Å². The van der Waals surface area contributed by atoms with Gasteiger partial charge in [0.15, 0.2) is 5.76 Å². The number of fused-ring (bicyclic) bond motifs is 1. The molecular weight excluding hydrogens is 522 g/mol. The summed E-state index contributed by atoms with van der Waals surface area (Å²) < 4.78 is 12.8. The van der Waals surface area contributed by atoms with Crippen molar-refractivity contribution in [3.8, 4) is 11.3 Å². The lowest BCUT2D eigenvalue weighted by Crippen LogP contribution is -2.16. The van der Waals surface area contributed by atoms with Crippen LogP contribution in [0.5, 0.6) is 0 Å². The molecule has 0 radical (unpaired) electrons. The Kier molecular flexibility index (Phi) is 5.51. The highest BCUT2D eigenvalue weighted by Crippen LogP contribution is 2.31. The van der Waals surface area contributed by atoms with Crippen molar-refractivity contribution in [2.24, 2.45) is 5.10 Å². The Bertz CT molecular complexity index is 1310. The highest BCUT2D eigenvalue weighted by atomic mass is 79.9. The van der Waals surface area contributed by atoms with Gasteiger partial charge < -0.3 is 8.83 Å². The van der Waals surface area contributed by atoms with Crippen molar-refractivity contribution < 1.29 is 18.6 Å². The number of hydrogen-bond acceptors (Lipinski definition) is 6. The van der Waals surface area contributed by atoms with Crippen molar-refractivity contribution in [2.45, 2.75) is 0 Å². The molecule has 0 saturated heterocycles. The summed E-state index contributed by atoms with van der Waals surface area (Å²) in [5.74, 6) is 0.404. The van der Waals surface area contributed by atoms with E-state index in [9.17, 15) is 14.9 Å². The number of hydrogen-bond donors (Lipinski definition) is 1. The lowest BCUT2D eigenvalue weighted by molar-refractivity contribution is -0.384. The van der Waals surface area contributed by atoms with Crippen LogP contribution in [0, 0.1) is 10.1 Å². The maximum Gasteiger partial charge on any atom is 0.307 e. The Labute approximate surface area is 186 Å². The van der Waals surface area contributed by atoms with E-state index in [2.05, 4.69) is 42.4 Å². The summed E-state index contributed by atoms with van der Waals surface area (Å²) in [6, 6.07) is 14.7. The van der Waals surface area contributed by atoms with Crippen LogP contribution in [0.25, 0.3) is 22.3 Å². The third-order valence-corrected chi connectivity index (χ3v) is 5.13. The number of nitrogens with zero attached hydrogens (tertiary/aromatic N) is 2. The van der Waals surface area contributed by atoms with Crippen LogP contribution in [-0.4, -0.2) is 17.0 Å². The van der Waals surface area contributed by atoms with Gasteiger partial charge in [0.2, 0.25) is 0 Å². The first-order valence-corrected chi connectivity index (χ1v) is 10.1. The van der Waals surface area contributed by atoms with E-state index in [1.807, 2.05) is 12.1 Å². The van der Waals surface area contributed by atoms with E-state index in [0.717, 1.165) is 14.3 Å². The van der Waals surface area contributed by atoms with Gasteiger partial charge in [0, 0.05) is 27.6 Å². The van der Waals surface area contributed by atoms with Crippen LogP contribution >= 0.6 is 31.9 Å². The van der Waals surface area contributed by atoms with Crippen LogP contribution < -0.4 is 5.43 Å². The molecular formula is C20H11Br2N3O5. The first kappa shape index (κ1) is 20.0. The molecule has 0 unspecified atom stereocenters. The summed E-state index contributed by atoms with van der Waals surface area (Å²) in [6.07, 6.45) is 1.33. The molecule has 150 valence electrons. The number of carbonyl (C=O) groups is 1. The van der Waals surface area contributed by atoms with E-state index in [0.29, 0.717) is 22.7 Å². The molecule has 8 nitrogen and oxygen atoms in total. The van der Waals surface area contributed by atoms with Crippen molar-refractivity contribution in [1.82, 2.24) is 5.43 Å². The van der Waals surface area contributed by atoms with Crippen molar-refractivity contribution in [1.29, 1.82) is 0 Å². The minimum atomic E-state index is -0.518. The number of nitrogens with one attached hydrogen (secondary N) is 1. The van der Waals surface area contributed by atoms with Crippen molar-refractivity contribution >= 4 is 60.6 Å². The fourth-order valence-electron chi connectivity index (χ4n) is 2.75. The number of halogens is 2. The zero-order valence-corrected chi connectivity index (χ0v) is 18.1. The predicted octanol–water partition coefficient (Wildman–Crippen LogP) is 5.89. The lowest BCUT2D eigenvalue weighted by Gasteiger charge is -1.97. The molecule has 0 fully saturated rings. The molecule has 2 aromatic carbocycles. The fourth-order valence-corrected chi connectivity index (χ4v) is 4.09. The normalized spacial score (nSPS) is 11.3. The lowest BCUT2D eigenvalue weighted by atomic mass is 10.1. The van der Waals surface area contributed by atoms with E-state index >= 15 is 0 Å². The predicted molar refractivity (Wildman–Crippen MR) is 117 cm³/mol. The number of carbonyl (C=O) groups excluding carboxylic acids is 1. The first-order chi connectivity index (χ1) is 14.4. The van der Waals surface area contributed by atoms with Gasteiger partial charge in [0.1, 0.15) is 17.1 Å².